The van der Waals surface area contributed by atoms with Crippen molar-refractivity contribution in [2.75, 3.05) is 13.7 Å². The summed E-state index contributed by atoms with van der Waals surface area (Å²) < 4.78 is 5.05. The Hall–Kier alpha value is -1.35. The maximum atomic E-state index is 11.0. The molecule has 23 heavy (non-hydrogen) atoms. The normalized spacial score (nSPS) is 10.8. The Morgan fingerprint density at radius 3 is 1.78 bits per heavy atom. The van der Waals surface area contributed by atoms with Gasteiger partial charge in [-0.2, -0.15) is 0 Å². The Labute approximate surface area is 141 Å². The number of carbonyl (C=O) groups excluding carboxylic acids is 1. The average Bonchev–Trinajstić information content (AvgIpc) is 2.56. The van der Waals surface area contributed by atoms with Gasteiger partial charge in [-0.3, -0.25) is 4.79 Å². The molecule has 0 unspecified atom stereocenters. The van der Waals surface area contributed by atoms with E-state index in [2.05, 4.69) is 0 Å². The molecule has 0 heterocycles. The largest absolute Gasteiger partial charge is 0.385 e. The lowest BCUT2D eigenvalue weighted by Crippen LogP contribution is -2.10. The molecule has 130 valence electrons. The van der Waals surface area contributed by atoms with Crippen molar-refractivity contribution >= 4 is 5.91 Å². The first-order valence-corrected chi connectivity index (χ1v) is 9.11. The van der Waals surface area contributed by atoms with Gasteiger partial charge in [-0.25, -0.2) is 0 Å². The molecule has 0 fully saturated rings. The lowest BCUT2D eigenvalue weighted by molar-refractivity contribution is 0.100. The standard InChI is InChI=1S/C20H33NO2/c1-23-17-11-9-7-5-3-2-4-6-8-10-12-18-13-15-19(16-14-18)20(21)22/h13-16H,2-12,17H2,1H3,(H2,21,22). The van der Waals surface area contributed by atoms with E-state index in [0.29, 0.717) is 5.56 Å². The van der Waals surface area contributed by atoms with E-state index in [4.69, 9.17) is 10.5 Å². The molecule has 1 amide bonds. The number of primary amides is 1. The molecular weight excluding hydrogens is 286 g/mol. The molecule has 0 radical (unpaired) electrons. The summed E-state index contributed by atoms with van der Waals surface area (Å²) in [5.74, 6) is -0.352. The average molecular weight is 319 g/mol. The zero-order chi connectivity index (χ0) is 16.8. The van der Waals surface area contributed by atoms with Gasteiger partial charge in [-0.05, 0) is 37.0 Å². The summed E-state index contributed by atoms with van der Waals surface area (Å²) in [5, 5.41) is 0. The highest BCUT2D eigenvalue weighted by Crippen LogP contribution is 2.13. The zero-order valence-electron chi connectivity index (χ0n) is 14.7. The lowest BCUT2D eigenvalue weighted by atomic mass is 10.0. The van der Waals surface area contributed by atoms with E-state index in [0.717, 1.165) is 13.0 Å². The molecule has 0 aromatic heterocycles. The molecule has 3 heteroatoms. The van der Waals surface area contributed by atoms with Crippen LogP contribution in [0.25, 0.3) is 0 Å². The smallest absolute Gasteiger partial charge is 0.248 e. The van der Waals surface area contributed by atoms with Gasteiger partial charge in [-0.1, -0.05) is 63.5 Å². The van der Waals surface area contributed by atoms with Crippen molar-refractivity contribution in [2.45, 2.75) is 70.6 Å². The van der Waals surface area contributed by atoms with Crippen LogP contribution in [0.3, 0.4) is 0 Å². The second-order valence-corrected chi connectivity index (χ2v) is 6.34. The minimum Gasteiger partial charge on any atom is -0.385 e. The maximum absolute atomic E-state index is 11.0. The Bertz CT molecular complexity index is 414. The number of nitrogens with two attached hydrogens (primary N) is 1. The van der Waals surface area contributed by atoms with Crippen molar-refractivity contribution in [3.63, 3.8) is 0 Å². The van der Waals surface area contributed by atoms with Crippen LogP contribution in [0.15, 0.2) is 24.3 Å². The molecule has 0 aliphatic carbocycles. The predicted molar refractivity (Wildman–Crippen MR) is 96.7 cm³/mol. The Morgan fingerprint density at radius 2 is 1.30 bits per heavy atom. The fraction of sp³-hybridized carbons (Fsp3) is 0.650. The second kappa shape index (κ2) is 13.1. The van der Waals surface area contributed by atoms with Crippen LogP contribution in [0.5, 0.6) is 0 Å². The minimum atomic E-state index is -0.352. The first kappa shape index (κ1) is 19.7. The van der Waals surface area contributed by atoms with Crippen molar-refractivity contribution in [1.29, 1.82) is 0 Å². The molecule has 0 aliphatic heterocycles. The van der Waals surface area contributed by atoms with Gasteiger partial charge in [0.05, 0.1) is 0 Å². The van der Waals surface area contributed by atoms with Crippen LogP contribution in [0.1, 0.15) is 80.1 Å². The molecular formula is C20H33NO2. The molecule has 0 aliphatic rings. The van der Waals surface area contributed by atoms with Crippen LogP contribution in [0, 0.1) is 0 Å². The Morgan fingerprint density at radius 1 is 0.826 bits per heavy atom. The second-order valence-electron chi connectivity index (χ2n) is 6.34. The Kier molecular flexibility index (Phi) is 11.2. The molecule has 1 aromatic rings. The van der Waals surface area contributed by atoms with Crippen LogP contribution in [0.2, 0.25) is 0 Å². The van der Waals surface area contributed by atoms with Gasteiger partial charge in [0.2, 0.25) is 5.91 Å². The summed E-state index contributed by atoms with van der Waals surface area (Å²) >= 11 is 0. The highest BCUT2D eigenvalue weighted by molar-refractivity contribution is 5.92. The zero-order valence-corrected chi connectivity index (χ0v) is 14.7. The number of ether oxygens (including phenoxy) is 1. The molecule has 3 nitrogen and oxygen atoms in total. The number of rotatable bonds is 14. The molecule has 0 saturated heterocycles. The number of methoxy groups -OCH3 is 1. The third-order valence-electron chi connectivity index (χ3n) is 4.30. The fourth-order valence-electron chi connectivity index (χ4n) is 2.83. The summed E-state index contributed by atoms with van der Waals surface area (Å²) in [6.07, 6.45) is 14.3. The van der Waals surface area contributed by atoms with Crippen LogP contribution in [-0.4, -0.2) is 19.6 Å². The van der Waals surface area contributed by atoms with Gasteiger partial charge in [0.1, 0.15) is 0 Å². The molecule has 0 saturated carbocycles. The van der Waals surface area contributed by atoms with Gasteiger partial charge in [0.15, 0.2) is 0 Å². The molecule has 0 bridgehead atoms. The monoisotopic (exact) mass is 319 g/mol. The van der Waals surface area contributed by atoms with Crippen LogP contribution in [-0.2, 0) is 11.2 Å². The van der Waals surface area contributed by atoms with Gasteiger partial charge in [0.25, 0.3) is 0 Å². The number of benzene rings is 1. The molecule has 2 N–H and O–H groups in total. The third-order valence-corrected chi connectivity index (χ3v) is 4.30. The Balaban J connectivity index is 1.90. The summed E-state index contributed by atoms with van der Waals surface area (Å²) in [7, 11) is 1.77. The number of hydrogen-bond donors (Lipinski definition) is 1. The molecule has 0 atom stereocenters. The highest BCUT2D eigenvalue weighted by atomic mass is 16.5. The predicted octanol–water partition coefficient (Wildman–Crippen LogP) is 4.88. The molecule has 0 spiro atoms. The van der Waals surface area contributed by atoms with Gasteiger partial charge in [-0.15, -0.1) is 0 Å². The summed E-state index contributed by atoms with van der Waals surface area (Å²) in [6, 6.07) is 7.68. The van der Waals surface area contributed by atoms with E-state index < -0.39 is 0 Å². The van der Waals surface area contributed by atoms with Gasteiger partial charge >= 0.3 is 0 Å². The summed E-state index contributed by atoms with van der Waals surface area (Å²) in [4.78, 5) is 11.0. The number of aryl methyl sites for hydroxylation is 1. The van der Waals surface area contributed by atoms with Crippen molar-refractivity contribution in [3.05, 3.63) is 35.4 Å². The number of amides is 1. The SMILES string of the molecule is COCCCCCCCCCCCCc1ccc(C(N)=O)cc1. The van der Waals surface area contributed by atoms with E-state index in [9.17, 15) is 4.79 Å². The number of unbranched alkanes of at least 4 members (excludes halogenated alkanes) is 9. The minimum absolute atomic E-state index is 0.352. The van der Waals surface area contributed by atoms with Crippen molar-refractivity contribution < 1.29 is 9.53 Å². The first-order valence-electron chi connectivity index (χ1n) is 9.11. The van der Waals surface area contributed by atoms with E-state index in [1.165, 1.54) is 69.8 Å². The van der Waals surface area contributed by atoms with E-state index in [1.54, 1.807) is 7.11 Å². The van der Waals surface area contributed by atoms with Crippen LogP contribution >= 0.6 is 0 Å². The van der Waals surface area contributed by atoms with Crippen LogP contribution < -0.4 is 5.73 Å². The van der Waals surface area contributed by atoms with E-state index in [1.807, 2.05) is 24.3 Å². The molecule has 1 rings (SSSR count). The number of hydrogen-bond acceptors (Lipinski definition) is 2. The highest BCUT2D eigenvalue weighted by Gasteiger charge is 2.00. The lowest BCUT2D eigenvalue weighted by Gasteiger charge is -2.04. The topological polar surface area (TPSA) is 52.3 Å². The van der Waals surface area contributed by atoms with Gasteiger partial charge < -0.3 is 10.5 Å². The van der Waals surface area contributed by atoms with Crippen molar-refractivity contribution in [1.82, 2.24) is 0 Å². The summed E-state index contributed by atoms with van der Waals surface area (Å²) in [6.45, 7) is 0.908. The van der Waals surface area contributed by atoms with Gasteiger partial charge in [0, 0.05) is 19.3 Å². The van der Waals surface area contributed by atoms with Crippen molar-refractivity contribution in [3.8, 4) is 0 Å². The van der Waals surface area contributed by atoms with E-state index >= 15 is 0 Å². The van der Waals surface area contributed by atoms with E-state index in [-0.39, 0.29) is 5.91 Å². The summed E-state index contributed by atoms with van der Waals surface area (Å²) in [5.41, 5.74) is 7.13. The number of carbonyl (C=O) groups is 1. The fourth-order valence-corrected chi connectivity index (χ4v) is 2.83. The maximum Gasteiger partial charge on any atom is 0.248 e. The first-order chi connectivity index (χ1) is 11.2. The van der Waals surface area contributed by atoms with Crippen LogP contribution in [0.4, 0.5) is 0 Å². The quantitative estimate of drug-likeness (QED) is 0.497. The van der Waals surface area contributed by atoms with Crippen molar-refractivity contribution in [2.24, 2.45) is 5.73 Å². The third kappa shape index (κ3) is 10.1. The molecule has 1 aromatic carbocycles.